The Balaban J connectivity index is 3.13. The maximum absolute atomic E-state index is 10.9. The van der Waals surface area contributed by atoms with E-state index in [9.17, 15) is 9.59 Å². The normalized spacial score (nSPS) is 10.8. The van der Waals surface area contributed by atoms with Crippen LogP contribution in [0.15, 0.2) is 12.2 Å². The Morgan fingerprint density at radius 1 is 0.727 bits per heavy atom. The number of ether oxygens (including phenoxy) is 2. The molecule has 0 atom stereocenters. The van der Waals surface area contributed by atoms with E-state index < -0.39 is 0 Å². The minimum Gasteiger partial charge on any atom is -0.469 e. The first kappa shape index (κ1) is 20.7. The first-order valence-electron chi connectivity index (χ1n) is 8.52. The van der Waals surface area contributed by atoms with Gasteiger partial charge in [-0.2, -0.15) is 0 Å². The summed E-state index contributed by atoms with van der Waals surface area (Å²) in [5.41, 5.74) is 0. The molecule has 128 valence electrons. The van der Waals surface area contributed by atoms with Gasteiger partial charge in [0.1, 0.15) is 0 Å². The highest BCUT2D eigenvalue weighted by Crippen LogP contribution is 2.12. The van der Waals surface area contributed by atoms with Crippen molar-refractivity contribution in [3.05, 3.63) is 12.2 Å². The van der Waals surface area contributed by atoms with Crippen LogP contribution in [0.3, 0.4) is 0 Å². The van der Waals surface area contributed by atoms with Crippen LogP contribution >= 0.6 is 0 Å². The Kier molecular flexibility index (Phi) is 15.1. The van der Waals surface area contributed by atoms with Crippen molar-refractivity contribution >= 4 is 11.9 Å². The van der Waals surface area contributed by atoms with Crippen LogP contribution in [0.1, 0.15) is 77.0 Å². The van der Waals surface area contributed by atoms with E-state index in [1.54, 1.807) is 0 Å². The van der Waals surface area contributed by atoms with Gasteiger partial charge in [0.2, 0.25) is 0 Å². The summed E-state index contributed by atoms with van der Waals surface area (Å²) in [6.07, 6.45) is 17.0. The van der Waals surface area contributed by atoms with Crippen molar-refractivity contribution < 1.29 is 19.1 Å². The zero-order chi connectivity index (χ0) is 16.5. The van der Waals surface area contributed by atoms with Crippen molar-refractivity contribution in [3.8, 4) is 0 Å². The summed E-state index contributed by atoms with van der Waals surface area (Å²) >= 11 is 0. The molecule has 0 bridgehead atoms. The number of methoxy groups -OCH3 is 2. The van der Waals surface area contributed by atoms with E-state index in [2.05, 4.69) is 9.47 Å². The minimum absolute atomic E-state index is 0.0959. The molecule has 0 aromatic rings. The Morgan fingerprint density at radius 2 is 1.23 bits per heavy atom. The van der Waals surface area contributed by atoms with Crippen molar-refractivity contribution in [2.24, 2.45) is 0 Å². The molecule has 0 aliphatic carbocycles. The molecule has 0 aliphatic heterocycles. The first-order chi connectivity index (χ1) is 10.7. The van der Waals surface area contributed by atoms with Crippen molar-refractivity contribution in [2.45, 2.75) is 77.0 Å². The number of allylic oxidation sites excluding steroid dienone is 1. The summed E-state index contributed by atoms with van der Waals surface area (Å²) in [6, 6.07) is 0. The highest BCUT2D eigenvalue weighted by molar-refractivity contribution is 5.81. The lowest BCUT2D eigenvalue weighted by Crippen LogP contribution is -1.99. The molecule has 22 heavy (non-hydrogen) atoms. The zero-order valence-corrected chi connectivity index (χ0v) is 14.3. The average Bonchev–Trinajstić information content (AvgIpc) is 2.54. The molecule has 0 saturated heterocycles. The molecule has 0 spiro atoms. The highest BCUT2D eigenvalue weighted by Gasteiger charge is 1.99. The predicted octanol–water partition coefficient (Wildman–Crippen LogP) is 4.57. The van der Waals surface area contributed by atoms with Crippen LogP contribution in [-0.4, -0.2) is 26.2 Å². The van der Waals surface area contributed by atoms with Gasteiger partial charge < -0.3 is 9.47 Å². The van der Waals surface area contributed by atoms with Gasteiger partial charge in [0.15, 0.2) is 0 Å². The standard InChI is InChI=1S/C18H32O4/c1-21-17(19)15-13-11-9-7-5-3-4-6-8-10-12-14-16-18(20)22-2/h13,15H,3-12,14,16H2,1-2H3. The van der Waals surface area contributed by atoms with Gasteiger partial charge in [-0.15, -0.1) is 0 Å². The number of rotatable bonds is 14. The van der Waals surface area contributed by atoms with Gasteiger partial charge in [0.25, 0.3) is 0 Å². The lowest BCUT2D eigenvalue weighted by atomic mass is 10.1. The van der Waals surface area contributed by atoms with Crippen LogP contribution in [-0.2, 0) is 19.1 Å². The molecular formula is C18H32O4. The monoisotopic (exact) mass is 312 g/mol. The summed E-state index contributed by atoms with van der Waals surface area (Å²) in [6.45, 7) is 0. The van der Waals surface area contributed by atoms with Crippen molar-refractivity contribution in [2.75, 3.05) is 14.2 Å². The Morgan fingerprint density at radius 3 is 1.73 bits per heavy atom. The fraction of sp³-hybridized carbons (Fsp3) is 0.778. The van der Waals surface area contributed by atoms with Crippen LogP contribution in [0.5, 0.6) is 0 Å². The molecule has 0 amide bonds. The molecule has 0 radical (unpaired) electrons. The zero-order valence-electron chi connectivity index (χ0n) is 14.3. The second-order valence-electron chi connectivity index (χ2n) is 5.58. The lowest BCUT2D eigenvalue weighted by Gasteiger charge is -2.02. The van der Waals surface area contributed by atoms with Crippen LogP contribution in [0, 0.1) is 0 Å². The molecule has 0 rings (SSSR count). The van der Waals surface area contributed by atoms with Gasteiger partial charge >= 0.3 is 11.9 Å². The van der Waals surface area contributed by atoms with E-state index in [0.717, 1.165) is 25.7 Å². The second-order valence-corrected chi connectivity index (χ2v) is 5.58. The maximum atomic E-state index is 10.9. The van der Waals surface area contributed by atoms with Gasteiger partial charge in [-0.3, -0.25) is 4.79 Å². The van der Waals surface area contributed by atoms with E-state index in [1.807, 2.05) is 6.08 Å². The molecular weight excluding hydrogens is 280 g/mol. The Labute approximate surface area is 135 Å². The highest BCUT2D eigenvalue weighted by atomic mass is 16.5. The summed E-state index contributed by atoms with van der Waals surface area (Å²) in [7, 11) is 2.84. The molecule has 0 N–H and O–H groups in total. The number of carbonyl (C=O) groups excluding carboxylic acids is 2. The van der Waals surface area contributed by atoms with Gasteiger partial charge in [0, 0.05) is 12.5 Å². The molecule has 4 heteroatoms. The lowest BCUT2D eigenvalue weighted by molar-refractivity contribution is -0.140. The van der Waals surface area contributed by atoms with Crippen LogP contribution in [0.2, 0.25) is 0 Å². The molecule has 0 aromatic carbocycles. The quantitative estimate of drug-likeness (QED) is 0.268. The van der Waals surface area contributed by atoms with Crippen LogP contribution in [0.4, 0.5) is 0 Å². The Bertz CT molecular complexity index is 310. The van der Waals surface area contributed by atoms with Crippen molar-refractivity contribution in [3.63, 3.8) is 0 Å². The van der Waals surface area contributed by atoms with Crippen LogP contribution in [0.25, 0.3) is 0 Å². The van der Waals surface area contributed by atoms with Crippen molar-refractivity contribution in [1.82, 2.24) is 0 Å². The third-order valence-electron chi connectivity index (χ3n) is 3.68. The van der Waals surface area contributed by atoms with E-state index in [0.29, 0.717) is 6.42 Å². The average molecular weight is 312 g/mol. The van der Waals surface area contributed by atoms with Gasteiger partial charge in [0.05, 0.1) is 14.2 Å². The summed E-state index contributed by atoms with van der Waals surface area (Å²) in [5.74, 6) is -0.368. The van der Waals surface area contributed by atoms with E-state index >= 15 is 0 Å². The minimum atomic E-state index is -0.272. The molecule has 0 saturated carbocycles. The maximum Gasteiger partial charge on any atom is 0.330 e. The summed E-state index contributed by atoms with van der Waals surface area (Å²) in [5, 5.41) is 0. The SMILES string of the molecule is COC(=O)C=CCCCCCCCCCCCCC(=O)OC. The fourth-order valence-corrected chi connectivity index (χ4v) is 2.30. The number of carbonyl (C=O) groups is 2. The largest absolute Gasteiger partial charge is 0.469 e. The van der Waals surface area contributed by atoms with Gasteiger partial charge in [-0.05, 0) is 19.3 Å². The van der Waals surface area contributed by atoms with Crippen molar-refractivity contribution in [1.29, 1.82) is 0 Å². The Hall–Kier alpha value is -1.32. The summed E-state index contributed by atoms with van der Waals surface area (Å²) in [4.78, 5) is 21.7. The predicted molar refractivity (Wildman–Crippen MR) is 88.6 cm³/mol. The topological polar surface area (TPSA) is 52.6 Å². The number of hydrogen-bond donors (Lipinski definition) is 0. The van der Waals surface area contributed by atoms with E-state index in [4.69, 9.17) is 0 Å². The molecule has 0 fully saturated rings. The summed E-state index contributed by atoms with van der Waals surface area (Å²) < 4.78 is 9.13. The second kappa shape index (κ2) is 16.1. The smallest absolute Gasteiger partial charge is 0.330 e. The third-order valence-corrected chi connectivity index (χ3v) is 3.68. The number of hydrogen-bond acceptors (Lipinski definition) is 4. The number of esters is 2. The van der Waals surface area contributed by atoms with Gasteiger partial charge in [-0.1, -0.05) is 57.4 Å². The molecule has 0 aliphatic rings. The molecule has 4 nitrogen and oxygen atoms in total. The first-order valence-corrected chi connectivity index (χ1v) is 8.52. The number of unbranched alkanes of at least 4 members (excludes halogenated alkanes) is 10. The molecule has 0 unspecified atom stereocenters. The third kappa shape index (κ3) is 15.1. The van der Waals surface area contributed by atoms with E-state index in [-0.39, 0.29) is 11.9 Å². The molecule has 0 heterocycles. The van der Waals surface area contributed by atoms with E-state index in [1.165, 1.54) is 65.2 Å². The molecule has 0 aromatic heterocycles. The fourth-order valence-electron chi connectivity index (χ4n) is 2.30. The van der Waals surface area contributed by atoms with Gasteiger partial charge in [-0.25, -0.2) is 4.79 Å². The van der Waals surface area contributed by atoms with Crippen LogP contribution < -0.4 is 0 Å².